The molecule has 7 nitrogen and oxygen atoms in total. The largest absolute Gasteiger partial charge is 0.416 e. The summed E-state index contributed by atoms with van der Waals surface area (Å²) in [5.74, 6) is -0.400. The maximum atomic E-state index is 12.8. The molecular formula is C19H19F3N4O3. The number of rotatable bonds is 6. The average Bonchev–Trinajstić information content (AvgIpc) is 3.09. The van der Waals surface area contributed by atoms with Gasteiger partial charge in [-0.2, -0.15) is 13.2 Å². The van der Waals surface area contributed by atoms with Crippen LogP contribution in [0.4, 0.5) is 13.2 Å². The van der Waals surface area contributed by atoms with E-state index in [1.807, 2.05) is 0 Å². The van der Waals surface area contributed by atoms with Crippen LogP contribution in [-0.4, -0.2) is 40.8 Å². The molecule has 3 rings (SSSR count). The van der Waals surface area contributed by atoms with Crippen molar-refractivity contribution < 1.29 is 22.7 Å². The molecule has 0 fully saturated rings. The molecule has 154 valence electrons. The molecule has 0 atom stereocenters. The van der Waals surface area contributed by atoms with Gasteiger partial charge < -0.3 is 10.1 Å². The first kappa shape index (κ1) is 20.6. The van der Waals surface area contributed by atoms with Crippen molar-refractivity contribution in [1.82, 2.24) is 19.9 Å². The molecule has 29 heavy (non-hydrogen) atoms. The van der Waals surface area contributed by atoms with E-state index in [-0.39, 0.29) is 17.6 Å². The van der Waals surface area contributed by atoms with Crippen molar-refractivity contribution in [1.29, 1.82) is 0 Å². The second kappa shape index (κ2) is 8.08. The van der Waals surface area contributed by atoms with Crippen LogP contribution < -0.4 is 10.9 Å². The zero-order chi connectivity index (χ0) is 21.2. The van der Waals surface area contributed by atoms with Crippen LogP contribution in [0.3, 0.4) is 0 Å². The number of halogens is 3. The highest BCUT2D eigenvalue weighted by atomic mass is 19.4. The Morgan fingerprint density at radius 2 is 1.97 bits per heavy atom. The van der Waals surface area contributed by atoms with Gasteiger partial charge in [-0.15, -0.1) is 0 Å². The van der Waals surface area contributed by atoms with Gasteiger partial charge in [-0.05, 0) is 24.6 Å². The summed E-state index contributed by atoms with van der Waals surface area (Å²) in [6.07, 6.45) is -2.92. The number of amides is 1. The van der Waals surface area contributed by atoms with E-state index < -0.39 is 23.2 Å². The molecule has 0 saturated heterocycles. The Bertz CT molecular complexity index is 1090. The van der Waals surface area contributed by atoms with E-state index in [1.165, 1.54) is 25.4 Å². The molecule has 0 spiro atoms. The summed E-state index contributed by atoms with van der Waals surface area (Å²) < 4.78 is 44.2. The van der Waals surface area contributed by atoms with E-state index in [0.29, 0.717) is 30.0 Å². The van der Waals surface area contributed by atoms with Crippen molar-refractivity contribution in [3.05, 3.63) is 68.8 Å². The van der Waals surface area contributed by atoms with Gasteiger partial charge in [0, 0.05) is 37.5 Å². The first-order valence-electron chi connectivity index (χ1n) is 8.75. The van der Waals surface area contributed by atoms with Gasteiger partial charge in [0.05, 0.1) is 12.2 Å². The lowest BCUT2D eigenvalue weighted by Gasteiger charge is -2.09. The number of aromatic nitrogens is 3. The lowest BCUT2D eigenvalue weighted by atomic mass is 10.0. The molecule has 10 heteroatoms. The molecule has 2 aromatic heterocycles. The Morgan fingerprint density at radius 3 is 2.59 bits per heavy atom. The Morgan fingerprint density at radius 1 is 1.28 bits per heavy atom. The number of carbonyl (C=O) groups excluding carboxylic acids is 1. The molecule has 0 unspecified atom stereocenters. The first-order valence-corrected chi connectivity index (χ1v) is 8.75. The number of nitrogens with zero attached hydrogens (tertiary/aromatic N) is 2. The number of aryl methyl sites for hydroxylation is 1. The van der Waals surface area contributed by atoms with Crippen LogP contribution in [-0.2, 0) is 17.3 Å². The minimum atomic E-state index is -4.42. The van der Waals surface area contributed by atoms with Crippen LogP contribution in [0.5, 0.6) is 0 Å². The summed E-state index contributed by atoms with van der Waals surface area (Å²) >= 11 is 0. The number of methoxy groups -OCH3 is 1. The zero-order valence-electron chi connectivity index (χ0n) is 15.8. The van der Waals surface area contributed by atoms with Crippen LogP contribution in [0.2, 0.25) is 0 Å². The molecule has 2 N–H and O–H groups in total. The second-order valence-corrected chi connectivity index (χ2v) is 6.45. The van der Waals surface area contributed by atoms with Crippen LogP contribution in [0.15, 0.2) is 35.3 Å². The third kappa shape index (κ3) is 4.32. The van der Waals surface area contributed by atoms with Crippen LogP contribution in [0, 0.1) is 6.92 Å². The third-order valence-electron chi connectivity index (χ3n) is 4.46. The van der Waals surface area contributed by atoms with Gasteiger partial charge in [0.15, 0.2) is 5.65 Å². The number of carbonyl (C=O) groups is 1. The second-order valence-electron chi connectivity index (χ2n) is 6.45. The fourth-order valence-corrected chi connectivity index (χ4v) is 2.90. The monoisotopic (exact) mass is 408 g/mol. The quantitative estimate of drug-likeness (QED) is 0.613. The Hall–Kier alpha value is -3.14. The highest BCUT2D eigenvalue weighted by Gasteiger charge is 2.30. The number of fused-ring (bicyclic) bond motifs is 1. The number of nitrogens with one attached hydrogen (secondary N) is 2. The molecule has 0 bridgehead atoms. The third-order valence-corrected chi connectivity index (χ3v) is 4.46. The lowest BCUT2D eigenvalue weighted by molar-refractivity contribution is -0.137. The Kier molecular flexibility index (Phi) is 5.73. The summed E-state index contributed by atoms with van der Waals surface area (Å²) in [5.41, 5.74) is 0.501. The summed E-state index contributed by atoms with van der Waals surface area (Å²) in [7, 11) is 1.51. The van der Waals surface area contributed by atoms with Gasteiger partial charge in [-0.1, -0.05) is 12.1 Å². The maximum Gasteiger partial charge on any atom is 0.416 e. The van der Waals surface area contributed by atoms with Crippen molar-refractivity contribution in [2.75, 3.05) is 20.3 Å². The smallest absolute Gasteiger partial charge is 0.383 e. The van der Waals surface area contributed by atoms with Crippen molar-refractivity contribution >= 4 is 11.6 Å². The molecule has 0 saturated carbocycles. The number of alkyl halides is 3. The maximum absolute atomic E-state index is 12.8. The standard InChI is InChI=1S/C19H19F3N4O3/c1-11-14(9-12-3-5-13(6-4-12)19(20,21)22)18(28)26-16(25-11)15(10-24-26)17(27)23-7-8-29-2/h3-6,10,24H,7-9H2,1-2H3,(H,23,27). The highest BCUT2D eigenvalue weighted by molar-refractivity contribution is 5.99. The topological polar surface area (TPSA) is 88.5 Å². The zero-order valence-corrected chi connectivity index (χ0v) is 15.8. The normalized spacial score (nSPS) is 11.8. The molecule has 2 heterocycles. The molecule has 0 aliphatic rings. The van der Waals surface area contributed by atoms with E-state index >= 15 is 0 Å². The van der Waals surface area contributed by atoms with E-state index in [9.17, 15) is 22.8 Å². The van der Waals surface area contributed by atoms with E-state index in [4.69, 9.17) is 4.74 Å². The molecule has 0 aliphatic carbocycles. The van der Waals surface area contributed by atoms with E-state index in [1.54, 1.807) is 6.92 Å². The number of H-pyrrole nitrogens is 1. The Balaban J connectivity index is 1.91. The fraction of sp³-hybridized carbons (Fsp3) is 0.316. The van der Waals surface area contributed by atoms with Crippen molar-refractivity contribution in [2.24, 2.45) is 0 Å². The summed E-state index contributed by atoms with van der Waals surface area (Å²) in [4.78, 5) is 29.5. The number of benzene rings is 1. The molecular weight excluding hydrogens is 389 g/mol. The van der Waals surface area contributed by atoms with Gasteiger partial charge in [-0.3, -0.25) is 14.7 Å². The molecule has 3 aromatic rings. The predicted octanol–water partition coefficient (Wildman–Crippen LogP) is 2.32. The van der Waals surface area contributed by atoms with Gasteiger partial charge in [-0.25, -0.2) is 9.50 Å². The minimum absolute atomic E-state index is 0.118. The van der Waals surface area contributed by atoms with Crippen LogP contribution in [0.1, 0.15) is 32.7 Å². The summed E-state index contributed by atoms with van der Waals surface area (Å²) in [5, 5.41) is 5.37. The number of aromatic amines is 1. The molecule has 1 amide bonds. The number of hydrogen-bond acceptors (Lipinski definition) is 4. The van der Waals surface area contributed by atoms with Gasteiger partial charge in [0.25, 0.3) is 11.5 Å². The van der Waals surface area contributed by atoms with Crippen LogP contribution >= 0.6 is 0 Å². The van der Waals surface area contributed by atoms with E-state index in [2.05, 4.69) is 15.4 Å². The van der Waals surface area contributed by atoms with Crippen molar-refractivity contribution in [2.45, 2.75) is 19.5 Å². The molecule has 1 aromatic carbocycles. The molecule has 0 radical (unpaired) electrons. The minimum Gasteiger partial charge on any atom is -0.383 e. The Labute approximate surface area is 163 Å². The first-order chi connectivity index (χ1) is 13.7. The van der Waals surface area contributed by atoms with Crippen LogP contribution in [0.25, 0.3) is 5.65 Å². The van der Waals surface area contributed by atoms with Gasteiger partial charge >= 0.3 is 6.18 Å². The number of ether oxygens (including phenoxy) is 1. The van der Waals surface area contributed by atoms with Gasteiger partial charge in [0.2, 0.25) is 0 Å². The SMILES string of the molecule is COCCNC(=O)c1c[nH]n2c(=O)c(Cc3ccc(C(F)(F)F)cc3)c(C)nc12. The van der Waals surface area contributed by atoms with Crippen molar-refractivity contribution in [3.63, 3.8) is 0 Å². The van der Waals surface area contributed by atoms with Crippen molar-refractivity contribution in [3.8, 4) is 0 Å². The number of hydrogen-bond donors (Lipinski definition) is 2. The van der Waals surface area contributed by atoms with E-state index in [0.717, 1.165) is 16.6 Å². The lowest BCUT2D eigenvalue weighted by Crippen LogP contribution is -2.28. The summed E-state index contributed by atoms with van der Waals surface area (Å²) in [6, 6.07) is 4.62. The highest BCUT2D eigenvalue weighted by Crippen LogP contribution is 2.29. The summed E-state index contributed by atoms with van der Waals surface area (Å²) in [6.45, 7) is 2.28. The molecule has 0 aliphatic heterocycles. The van der Waals surface area contributed by atoms with Gasteiger partial charge in [0.1, 0.15) is 5.56 Å². The fourth-order valence-electron chi connectivity index (χ4n) is 2.90. The predicted molar refractivity (Wildman–Crippen MR) is 99.0 cm³/mol. The average molecular weight is 408 g/mol.